The molecule has 0 bridgehead atoms. The molecule has 0 aliphatic carbocycles. The Morgan fingerprint density at radius 2 is 1.76 bits per heavy atom. The minimum absolute atomic E-state index is 0.0154. The van der Waals surface area contributed by atoms with Crippen molar-refractivity contribution < 1.29 is 27.4 Å². The number of aliphatic imine (C=N–C) groups is 1. The summed E-state index contributed by atoms with van der Waals surface area (Å²) in [5.41, 5.74) is 0.628. The van der Waals surface area contributed by atoms with E-state index in [4.69, 9.17) is 32.7 Å². The number of rotatable bonds is 7. The number of hydrogen-bond acceptors (Lipinski definition) is 5. The summed E-state index contributed by atoms with van der Waals surface area (Å²) in [4.78, 5) is 16.9. The van der Waals surface area contributed by atoms with Crippen LogP contribution < -0.4 is 14.8 Å². The van der Waals surface area contributed by atoms with Gasteiger partial charge in [-0.3, -0.25) is 4.79 Å². The first-order chi connectivity index (χ1) is 17.6. The summed E-state index contributed by atoms with van der Waals surface area (Å²) in [6, 6.07) is 15.8. The smallest absolute Gasteiger partial charge is 0.417 e. The fourth-order valence-electron chi connectivity index (χ4n) is 3.29. The van der Waals surface area contributed by atoms with Crippen LogP contribution in [0.25, 0.3) is 6.08 Å². The molecule has 3 aromatic rings. The highest BCUT2D eigenvalue weighted by molar-refractivity contribution is 8.18. The number of amides is 1. The Kier molecular flexibility index (Phi) is 8.36. The second-order valence-electron chi connectivity index (χ2n) is 7.70. The van der Waals surface area contributed by atoms with Crippen LogP contribution in [0.1, 0.15) is 23.6 Å². The molecule has 4 rings (SSSR count). The Hall–Kier alpha value is -3.14. The molecule has 1 fully saturated rings. The number of benzene rings is 3. The van der Waals surface area contributed by atoms with Gasteiger partial charge >= 0.3 is 6.18 Å². The summed E-state index contributed by atoms with van der Waals surface area (Å²) in [5, 5.41) is 2.93. The minimum atomic E-state index is -4.62. The van der Waals surface area contributed by atoms with Crippen LogP contribution in [-0.2, 0) is 17.6 Å². The third-order valence-corrected chi connectivity index (χ3v) is 6.50. The summed E-state index contributed by atoms with van der Waals surface area (Å²) in [6.07, 6.45) is -2.98. The van der Waals surface area contributed by atoms with Crippen LogP contribution in [0.15, 0.2) is 70.6 Å². The zero-order valence-corrected chi connectivity index (χ0v) is 21.6. The molecule has 0 saturated carbocycles. The number of carbonyl (C=O) groups excluding carboxylic acids is 1. The average molecular weight is 567 g/mol. The van der Waals surface area contributed by atoms with Crippen molar-refractivity contribution in [3.63, 3.8) is 0 Å². The number of nitrogens with zero attached hydrogens (tertiary/aromatic N) is 1. The Morgan fingerprint density at radius 3 is 2.46 bits per heavy atom. The van der Waals surface area contributed by atoms with Gasteiger partial charge in [-0.2, -0.15) is 13.2 Å². The molecule has 0 aromatic heterocycles. The van der Waals surface area contributed by atoms with E-state index < -0.39 is 22.7 Å². The van der Waals surface area contributed by atoms with E-state index in [2.05, 4.69) is 10.3 Å². The van der Waals surface area contributed by atoms with Crippen molar-refractivity contribution in [2.75, 3.05) is 6.61 Å². The van der Waals surface area contributed by atoms with Gasteiger partial charge in [0.15, 0.2) is 16.7 Å². The van der Waals surface area contributed by atoms with Gasteiger partial charge < -0.3 is 14.8 Å². The molecule has 1 saturated heterocycles. The fraction of sp³-hybridized carbons (Fsp3) is 0.154. The van der Waals surface area contributed by atoms with Crippen LogP contribution in [0, 0.1) is 0 Å². The van der Waals surface area contributed by atoms with E-state index in [9.17, 15) is 18.0 Å². The number of ether oxygens (including phenoxy) is 2. The minimum Gasteiger partial charge on any atom is -0.490 e. The van der Waals surface area contributed by atoms with E-state index in [0.29, 0.717) is 40.2 Å². The third kappa shape index (κ3) is 7.00. The lowest BCUT2D eigenvalue weighted by atomic mass is 10.2. The molecule has 0 unspecified atom stereocenters. The summed E-state index contributed by atoms with van der Waals surface area (Å²) in [5.74, 6) is 0.617. The molecule has 37 heavy (non-hydrogen) atoms. The van der Waals surface area contributed by atoms with Gasteiger partial charge in [0.25, 0.3) is 5.91 Å². The molecule has 0 radical (unpaired) electrons. The largest absolute Gasteiger partial charge is 0.490 e. The van der Waals surface area contributed by atoms with Gasteiger partial charge in [-0.05, 0) is 78.4 Å². The summed E-state index contributed by atoms with van der Waals surface area (Å²) >= 11 is 12.6. The Balaban J connectivity index is 1.52. The van der Waals surface area contributed by atoms with E-state index in [1.54, 1.807) is 36.4 Å². The molecule has 1 N–H and O–H groups in total. The highest BCUT2D eigenvalue weighted by atomic mass is 35.5. The monoisotopic (exact) mass is 566 g/mol. The van der Waals surface area contributed by atoms with Gasteiger partial charge in [0.1, 0.15) is 6.61 Å². The lowest BCUT2D eigenvalue weighted by Gasteiger charge is -2.13. The molecule has 192 valence electrons. The summed E-state index contributed by atoms with van der Waals surface area (Å²) in [7, 11) is 0. The number of halogens is 5. The first-order valence-electron chi connectivity index (χ1n) is 10.9. The Labute approximate surface area is 225 Å². The zero-order valence-electron chi connectivity index (χ0n) is 19.2. The molecule has 1 aliphatic heterocycles. The molecule has 1 amide bonds. The Morgan fingerprint density at radius 1 is 1.00 bits per heavy atom. The van der Waals surface area contributed by atoms with Gasteiger partial charge in [-0.1, -0.05) is 41.4 Å². The van der Waals surface area contributed by atoms with Crippen LogP contribution in [0.4, 0.5) is 18.9 Å². The van der Waals surface area contributed by atoms with Crippen molar-refractivity contribution in [2.24, 2.45) is 4.99 Å². The van der Waals surface area contributed by atoms with E-state index in [1.165, 1.54) is 6.07 Å². The highest BCUT2D eigenvalue weighted by Gasteiger charge is 2.33. The van der Waals surface area contributed by atoms with E-state index in [0.717, 1.165) is 29.5 Å². The van der Waals surface area contributed by atoms with Crippen molar-refractivity contribution in [1.29, 1.82) is 0 Å². The van der Waals surface area contributed by atoms with Crippen LogP contribution in [0.3, 0.4) is 0 Å². The number of amidine groups is 1. The fourth-order valence-corrected chi connectivity index (χ4v) is 4.49. The first-order valence-corrected chi connectivity index (χ1v) is 12.5. The maximum absolute atomic E-state index is 13.1. The van der Waals surface area contributed by atoms with E-state index in [-0.39, 0.29) is 10.9 Å². The van der Waals surface area contributed by atoms with Crippen LogP contribution in [-0.4, -0.2) is 17.7 Å². The number of nitrogens with one attached hydrogen (secondary N) is 1. The summed E-state index contributed by atoms with van der Waals surface area (Å²) in [6.45, 7) is 2.57. The maximum atomic E-state index is 13.1. The van der Waals surface area contributed by atoms with Gasteiger partial charge in [0.05, 0.1) is 27.8 Å². The first kappa shape index (κ1) is 26.9. The molecule has 0 atom stereocenters. The van der Waals surface area contributed by atoms with E-state index in [1.807, 2.05) is 19.1 Å². The molecular weight excluding hydrogens is 548 g/mol. The van der Waals surface area contributed by atoms with E-state index >= 15 is 0 Å². The van der Waals surface area contributed by atoms with Crippen LogP contribution in [0.2, 0.25) is 10.0 Å². The average Bonchev–Trinajstić information content (AvgIpc) is 3.18. The summed E-state index contributed by atoms with van der Waals surface area (Å²) < 4.78 is 51.0. The topological polar surface area (TPSA) is 59.9 Å². The third-order valence-electron chi connectivity index (χ3n) is 5.01. The Bertz CT molecular complexity index is 1380. The lowest BCUT2D eigenvalue weighted by Crippen LogP contribution is -2.19. The van der Waals surface area contributed by atoms with Crippen molar-refractivity contribution in [3.05, 3.63) is 92.3 Å². The van der Waals surface area contributed by atoms with Gasteiger partial charge in [-0.25, -0.2) is 4.99 Å². The number of thioether (sulfide) groups is 1. The van der Waals surface area contributed by atoms with Crippen molar-refractivity contribution in [2.45, 2.75) is 19.7 Å². The number of alkyl halides is 3. The van der Waals surface area contributed by atoms with Crippen molar-refractivity contribution in [1.82, 2.24) is 5.32 Å². The molecule has 0 spiro atoms. The molecule has 5 nitrogen and oxygen atoms in total. The lowest BCUT2D eigenvalue weighted by molar-refractivity contribution is -0.137. The number of hydrogen-bond donors (Lipinski definition) is 1. The van der Waals surface area contributed by atoms with Crippen LogP contribution >= 0.6 is 35.0 Å². The SMILES string of the molecule is CCOc1cc(C=C2SC(=Nc3ccc(Cl)c(C(F)(F)F)c3)NC2=O)ccc1OCc1ccc(Cl)cc1. The van der Waals surface area contributed by atoms with Gasteiger partial charge in [0.2, 0.25) is 0 Å². The molecule has 3 aromatic carbocycles. The zero-order chi connectivity index (χ0) is 26.6. The quantitative estimate of drug-likeness (QED) is 0.295. The van der Waals surface area contributed by atoms with Crippen LogP contribution in [0.5, 0.6) is 11.5 Å². The predicted octanol–water partition coefficient (Wildman–Crippen LogP) is 7.88. The second kappa shape index (κ2) is 11.5. The van der Waals surface area contributed by atoms with Gasteiger partial charge in [-0.15, -0.1) is 0 Å². The molecular formula is C26H19Cl2F3N2O3S. The molecule has 1 aliphatic rings. The normalized spacial score (nSPS) is 15.8. The van der Waals surface area contributed by atoms with Gasteiger partial charge in [0, 0.05) is 5.02 Å². The van der Waals surface area contributed by atoms with Crippen molar-refractivity contribution >= 4 is 57.8 Å². The second-order valence-corrected chi connectivity index (χ2v) is 9.57. The number of carbonyl (C=O) groups is 1. The molecule has 1 heterocycles. The highest BCUT2D eigenvalue weighted by Crippen LogP contribution is 2.38. The maximum Gasteiger partial charge on any atom is 0.417 e. The molecule has 11 heteroatoms. The standard InChI is InChI=1S/C26H19Cl2F3N2O3S/c1-2-35-22-11-16(5-10-21(22)36-14-15-3-6-17(27)7-4-15)12-23-24(34)33-25(37-23)32-18-8-9-20(28)19(13-18)26(29,30)31/h3-13H,2,14H2,1H3,(H,32,33,34). The predicted molar refractivity (Wildman–Crippen MR) is 141 cm³/mol. The van der Waals surface area contributed by atoms with Crippen molar-refractivity contribution in [3.8, 4) is 11.5 Å².